The maximum atomic E-state index is 12.0. The second-order valence-corrected chi connectivity index (χ2v) is 4.72. The first-order valence-corrected chi connectivity index (χ1v) is 6.74. The summed E-state index contributed by atoms with van der Waals surface area (Å²) in [6.45, 7) is 0.414. The Bertz CT molecular complexity index is 656. The van der Waals surface area contributed by atoms with E-state index in [9.17, 15) is 9.59 Å². The third-order valence-corrected chi connectivity index (χ3v) is 3.10. The zero-order valence-corrected chi connectivity index (χ0v) is 12.5. The minimum atomic E-state index is -0.384. The molecule has 0 fully saturated rings. The van der Waals surface area contributed by atoms with E-state index in [-0.39, 0.29) is 11.9 Å². The van der Waals surface area contributed by atoms with Gasteiger partial charge in [-0.1, -0.05) is 12.1 Å². The SMILES string of the molecule is COC(=O)c1ccc(/C=C/C(=O)N(C)Cc2ccco2)cc1. The summed E-state index contributed by atoms with van der Waals surface area (Å²) in [6.07, 6.45) is 4.75. The highest BCUT2D eigenvalue weighted by molar-refractivity contribution is 5.92. The molecule has 1 heterocycles. The van der Waals surface area contributed by atoms with Crippen molar-refractivity contribution >= 4 is 18.0 Å². The van der Waals surface area contributed by atoms with E-state index in [1.165, 1.54) is 13.2 Å². The number of hydrogen-bond donors (Lipinski definition) is 0. The maximum absolute atomic E-state index is 12.0. The summed E-state index contributed by atoms with van der Waals surface area (Å²) in [5.74, 6) is 0.213. The molecule has 0 atom stereocenters. The molecule has 2 aromatic rings. The number of amides is 1. The van der Waals surface area contributed by atoms with Crippen LogP contribution >= 0.6 is 0 Å². The van der Waals surface area contributed by atoms with Crippen LogP contribution in [0.15, 0.2) is 53.2 Å². The molecule has 5 heteroatoms. The first kappa shape index (κ1) is 15.6. The third kappa shape index (κ3) is 4.09. The first-order chi connectivity index (χ1) is 10.6. The largest absolute Gasteiger partial charge is 0.467 e. The molecule has 22 heavy (non-hydrogen) atoms. The van der Waals surface area contributed by atoms with Crippen LogP contribution < -0.4 is 0 Å². The van der Waals surface area contributed by atoms with Gasteiger partial charge >= 0.3 is 5.97 Å². The lowest BCUT2D eigenvalue weighted by atomic mass is 10.1. The van der Waals surface area contributed by atoms with Crippen LogP contribution in [0.2, 0.25) is 0 Å². The Kier molecular flexibility index (Phi) is 5.14. The Morgan fingerprint density at radius 1 is 1.23 bits per heavy atom. The number of carbonyl (C=O) groups excluding carboxylic acids is 2. The molecule has 0 radical (unpaired) electrons. The van der Waals surface area contributed by atoms with Gasteiger partial charge in [-0.2, -0.15) is 0 Å². The van der Waals surface area contributed by atoms with E-state index in [1.807, 2.05) is 6.07 Å². The monoisotopic (exact) mass is 299 g/mol. The Morgan fingerprint density at radius 3 is 2.55 bits per heavy atom. The highest BCUT2D eigenvalue weighted by Crippen LogP contribution is 2.09. The lowest BCUT2D eigenvalue weighted by Gasteiger charge is -2.12. The van der Waals surface area contributed by atoms with Gasteiger partial charge in [0.25, 0.3) is 0 Å². The van der Waals surface area contributed by atoms with Crippen molar-refractivity contribution < 1.29 is 18.7 Å². The number of esters is 1. The molecule has 0 bridgehead atoms. The molecule has 0 unspecified atom stereocenters. The van der Waals surface area contributed by atoms with E-state index in [1.54, 1.807) is 54.6 Å². The molecule has 2 rings (SSSR count). The first-order valence-electron chi connectivity index (χ1n) is 6.74. The molecule has 1 amide bonds. The molecule has 1 aromatic heterocycles. The Balaban J connectivity index is 1.95. The molecular formula is C17H17NO4. The summed E-state index contributed by atoms with van der Waals surface area (Å²) in [6, 6.07) is 10.4. The van der Waals surface area contributed by atoms with Crippen LogP contribution in [-0.2, 0) is 16.1 Å². The quantitative estimate of drug-likeness (QED) is 0.629. The smallest absolute Gasteiger partial charge is 0.337 e. The van der Waals surface area contributed by atoms with Crippen molar-refractivity contribution in [3.63, 3.8) is 0 Å². The van der Waals surface area contributed by atoms with Crippen molar-refractivity contribution in [2.45, 2.75) is 6.54 Å². The van der Waals surface area contributed by atoms with Crippen LogP contribution in [0, 0.1) is 0 Å². The summed E-state index contributed by atoms with van der Waals surface area (Å²) in [4.78, 5) is 24.9. The highest BCUT2D eigenvalue weighted by atomic mass is 16.5. The second-order valence-electron chi connectivity index (χ2n) is 4.72. The van der Waals surface area contributed by atoms with Crippen LogP contribution in [0.4, 0.5) is 0 Å². The number of rotatable bonds is 5. The van der Waals surface area contributed by atoms with Crippen molar-refractivity contribution in [2.24, 2.45) is 0 Å². The van der Waals surface area contributed by atoms with E-state index < -0.39 is 0 Å². The van der Waals surface area contributed by atoms with Gasteiger partial charge in [0.1, 0.15) is 5.76 Å². The van der Waals surface area contributed by atoms with Crippen molar-refractivity contribution in [1.29, 1.82) is 0 Å². The Labute approximate surface area is 128 Å². The number of ether oxygens (including phenoxy) is 1. The molecule has 0 N–H and O–H groups in total. The molecule has 0 aliphatic heterocycles. The van der Waals surface area contributed by atoms with Gasteiger partial charge in [0.2, 0.25) is 5.91 Å². The topological polar surface area (TPSA) is 59.8 Å². The number of benzene rings is 1. The predicted octanol–water partition coefficient (Wildman–Crippen LogP) is 2.74. The van der Waals surface area contributed by atoms with Crippen molar-refractivity contribution in [1.82, 2.24) is 4.90 Å². The van der Waals surface area contributed by atoms with Gasteiger partial charge < -0.3 is 14.1 Å². The lowest BCUT2D eigenvalue weighted by Crippen LogP contribution is -2.23. The molecule has 1 aromatic carbocycles. The summed E-state index contributed by atoms with van der Waals surface area (Å²) >= 11 is 0. The number of carbonyl (C=O) groups is 2. The minimum Gasteiger partial charge on any atom is -0.467 e. The normalized spacial score (nSPS) is 10.6. The fraction of sp³-hybridized carbons (Fsp3) is 0.176. The fourth-order valence-electron chi connectivity index (χ4n) is 1.86. The Morgan fingerprint density at radius 2 is 1.95 bits per heavy atom. The lowest BCUT2D eigenvalue weighted by molar-refractivity contribution is -0.125. The summed E-state index contributed by atoms with van der Waals surface area (Å²) in [5.41, 5.74) is 1.30. The highest BCUT2D eigenvalue weighted by Gasteiger charge is 2.07. The van der Waals surface area contributed by atoms with E-state index in [4.69, 9.17) is 4.42 Å². The van der Waals surface area contributed by atoms with Gasteiger partial charge in [0.05, 0.1) is 25.5 Å². The maximum Gasteiger partial charge on any atom is 0.337 e. The molecule has 0 spiro atoms. The van der Waals surface area contributed by atoms with Gasteiger partial charge in [-0.3, -0.25) is 4.79 Å². The van der Waals surface area contributed by atoms with Crippen LogP contribution in [0.3, 0.4) is 0 Å². The van der Waals surface area contributed by atoms with E-state index in [0.29, 0.717) is 12.1 Å². The molecule has 0 aliphatic carbocycles. The molecular weight excluding hydrogens is 282 g/mol. The minimum absolute atomic E-state index is 0.131. The summed E-state index contributed by atoms with van der Waals surface area (Å²) in [5, 5.41) is 0. The number of furan rings is 1. The number of likely N-dealkylation sites (N-methyl/N-ethyl adjacent to an activating group) is 1. The fourth-order valence-corrected chi connectivity index (χ4v) is 1.86. The van der Waals surface area contributed by atoms with E-state index in [2.05, 4.69) is 4.74 Å². The predicted molar refractivity (Wildman–Crippen MR) is 82.0 cm³/mol. The van der Waals surface area contributed by atoms with Crippen LogP contribution in [-0.4, -0.2) is 30.9 Å². The second kappa shape index (κ2) is 7.26. The van der Waals surface area contributed by atoms with Gasteiger partial charge in [-0.25, -0.2) is 4.79 Å². The van der Waals surface area contributed by atoms with Gasteiger partial charge in [0, 0.05) is 13.1 Å². The zero-order chi connectivity index (χ0) is 15.9. The van der Waals surface area contributed by atoms with E-state index in [0.717, 1.165) is 11.3 Å². The molecule has 0 saturated carbocycles. The molecule has 0 aliphatic rings. The average Bonchev–Trinajstić information content (AvgIpc) is 3.05. The van der Waals surface area contributed by atoms with Crippen molar-refractivity contribution in [3.05, 3.63) is 65.6 Å². The van der Waals surface area contributed by atoms with Gasteiger partial charge in [-0.05, 0) is 35.9 Å². The zero-order valence-electron chi connectivity index (χ0n) is 12.5. The number of hydrogen-bond acceptors (Lipinski definition) is 4. The van der Waals surface area contributed by atoms with Crippen LogP contribution in [0.1, 0.15) is 21.7 Å². The summed E-state index contributed by atoms with van der Waals surface area (Å²) < 4.78 is 9.83. The molecule has 0 saturated heterocycles. The van der Waals surface area contributed by atoms with Gasteiger partial charge in [-0.15, -0.1) is 0 Å². The average molecular weight is 299 g/mol. The number of methoxy groups -OCH3 is 1. The van der Waals surface area contributed by atoms with Gasteiger partial charge in [0.15, 0.2) is 0 Å². The standard InChI is InChI=1S/C17H17NO4/c1-18(12-15-4-3-11-22-15)16(19)10-7-13-5-8-14(9-6-13)17(20)21-2/h3-11H,12H2,1-2H3/b10-7+. The van der Waals surface area contributed by atoms with Crippen molar-refractivity contribution in [3.8, 4) is 0 Å². The van der Waals surface area contributed by atoms with Crippen LogP contribution in [0.25, 0.3) is 6.08 Å². The van der Waals surface area contributed by atoms with Crippen LogP contribution in [0.5, 0.6) is 0 Å². The third-order valence-electron chi connectivity index (χ3n) is 3.10. The van der Waals surface area contributed by atoms with E-state index >= 15 is 0 Å². The summed E-state index contributed by atoms with van der Waals surface area (Å²) in [7, 11) is 3.04. The number of nitrogens with zero attached hydrogens (tertiary/aromatic N) is 1. The Hall–Kier alpha value is -2.82. The molecule has 114 valence electrons. The van der Waals surface area contributed by atoms with Crippen molar-refractivity contribution in [2.75, 3.05) is 14.2 Å². The molecule has 5 nitrogen and oxygen atoms in total.